The van der Waals surface area contributed by atoms with Gasteiger partial charge in [-0.15, -0.1) is 11.3 Å². The quantitative estimate of drug-likeness (QED) is 0.817. The van der Waals surface area contributed by atoms with Crippen molar-refractivity contribution >= 4 is 17.2 Å². The number of carbonyl (C=O) groups is 1. The Kier molecular flexibility index (Phi) is 5.12. The van der Waals surface area contributed by atoms with E-state index < -0.39 is 0 Å². The third kappa shape index (κ3) is 4.06. The number of hydrogen-bond donors (Lipinski definition) is 0. The van der Waals surface area contributed by atoms with Crippen molar-refractivity contribution in [1.82, 2.24) is 4.90 Å². The number of thiophene rings is 1. The third-order valence-electron chi connectivity index (χ3n) is 2.82. The van der Waals surface area contributed by atoms with Crippen molar-refractivity contribution in [3.05, 3.63) is 52.5 Å². The maximum atomic E-state index is 13.0. The maximum absolute atomic E-state index is 13.0. The van der Waals surface area contributed by atoms with Crippen LogP contribution in [0.25, 0.3) is 0 Å². The molecule has 0 atom stereocenters. The molecule has 0 N–H and O–H groups in total. The Morgan fingerprint density at radius 3 is 2.85 bits per heavy atom. The number of halogens is 1. The maximum Gasteiger partial charge on any atom is 0.260 e. The summed E-state index contributed by atoms with van der Waals surface area (Å²) in [6, 6.07) is 9.74. The highest BCUT2D eigenvalue weighted by molar-refractivity contribution is 7.09. The molecule has 2 aromatic rings. The van der Waals surface area contributed by atoms with Crippen LogP contribution in [0.15, 0.2) is 41.8 Å². The van der Waals surface area contributed by atoms with Gasteiger partial charge in [-0.2, -0.15) is 0 Å². The van der Waals surface area contributed by atoms with Gasteiger partial charge in [0.05, 0.1) is 6.54 Å². The molecule has 3 nitrogen and oxygen atoms in total. The molecule has 2 rings (SSSR count). The van der Waals surface area contributed by atoms with E-state index in [9.17, 15) is 9.18 Å². The largest absolute Gasteiger partial charge is 0.484 e. The molecule has 20 heavy (non-hydrogen) atoms. The number of amides is 1. The Labute approximate surface area is 121 Å². The number of ether oxygens (including phenoxy) is 1. The van der Waals surface area contributed by atoms with E-state index in [1.807, 2.05) is 24.4 Å². The summed E-state index contributed by atoms with van der Waals surface area (Å²) in [5.41, 5.74) is 0. The van der Waals surface area contributed by atoms with E-state index in [1.165, 1.54) is 12.1 Å². The van der Waals surface area contributed by atoms with E-state index in [-0.39, 0.29) is 18.3 Å². The number of carbonyl (C=O) groups excluding carboxylic acids is 1. The zero-order valence-electron chi connectivity index (χ0n) is 11.2. The predicted octanol–water partition coefficient (Wildman–Crippen LogP) is 3.31. The molecule has 0 radical (unpaired) electrons. The molecule has 0 spiro atoms. The van der Waals surface area contributed by atoms with Gasteiger partial charge in [0.1, 0.15) is 11.6 Å². The lowest BCUT2D eigenvalue weighted by Gasteiger charge is -2.20. The zero-order valence-corrected chi connectivity index (χ0v) is 12.0. The Bertz CT molecular complexity index is 557. The summed E-state index contributed by atoms with van der Waals surface area (Å²) in [7, 11) is 0. The second-order valence-electron chi connectivity index (χ2n) is 4.23. The van der Waals surface area contributed by atoms with Crippen LogP contribution < -0.4 is 4.74 Å². The van der Waals surface area contributed by atoms with Crippen molar-refractivity contribution in [3.63, 3.8) is 0 Å². The van der Waals surface area contributed by atoms with Gasteiger partial charge in [0.2, 0.25) is 0 Å². The lowest BCUT2D eigenvalue weighted by molar-refractivity contribution is -0.133. The third-order valence-corrected chi connectivity index (χ3v) is 3.68. The van der Waals surface area contributed by atoms with E-state index in [0.29, 0.717) is 18.8 Å². The van der Waals surface area contributed by atoms with Gasteiger partial charge in [-0.25, -0.2) is 4.39 Å². The lowest BCUT2D eigenvalue weighted by Crippen LogP contribution is -2.34. The first-order valence-corrected chi connectivity index (χ1v) is 7.25. The highest BCUT2D eigenvalue weighted by atomic mass is 32.1. The second-order valence-corrected chi connectivity index (χ2v) is 5.27. The summed E-state index contributed by atoms with van der Waals surface area (Å²) >= 11 is 1.62. The first-order chi connectivity index (χ1) is 9.69. The first-order valence-electron chi connectivity index (χ1n) is 6.37. The molecule has 0 bridgehead atoms. The fraction of sp³-hybridized carbons (Fsp3) is 0.267. The van der Waals surface area contributed by atoms with Crippen LogP contribution in [0.2, 0.25) is 0 Å². The van der Waals surface area contributed by atoms with Gasteiger partial charge in [0.15, 0.2) is 6.61 Å². The summed E-state index contributed by atoms with van der Waals surface area (Å²) in [5.74, 6) is -0.114. The normalized spacial score (nSPS) is 10.3. The summed E-state index contributed by atoms with van der Waals surface area (Å²) in [5, 5.41) is 1.98. The molecule has 0 saturated carbocycles. The molecule has 1 aromatic heterocycles. The Morgan fingerprint density at radius 1 is 1.35 bits per heavy atom. The van der Waals surface area contributed by atoms with Gasteiger partial charge in [-0.3, -0.25) is 4.79 Å². The average molecular weight is 293 g/mol. The van der Waals surface area contributed by atoms with Gasteiger partial charge in [0.25, 0.3) is 5.91 Å². The van der Waals surface area contributed by atoms with Crippen molar-refractivity contribution in [3.8, 4) is 5.75 Å². The van der Waals surface area contributed by atoms with Crippen LogP contribution >= 0.6 is 11.3 Å². The van der Waals surface area contributed by atoms with Crippen LogP contribution in [0, 0.1) is 5.82 Å². The first kappa shape index (κ1) is 14.5. The van der Waals surface area contributed by atoms with Crippen molar-refractivity contribution in [2.24, 2.45) is 0 Å². The van der Waals surface area contributed by atoms with Crippen molar-refractivity contribution in [2.45, 2.75) is 13.5 Å². The summed E-state index contributed by atoms with van der Waals surface area (Å²) in [6.45, 7) is 3.04. The minimum atomic E-state index is -0.374. The smallest absolute Gasteiger partial charge is 0.260 e. The molecule has 1 aromatic carbocycles. The van der Waals surface area contributed by atoms with E-state index in [1.54, 1.807) is 28.4 Å². The topological polar surface area (TPSA) is 29.5 Å². The number of rotatable bonds is 6. The molecular weight excluding hydrogens is 277 g/mol. The van der Waals surface area contributed by atoms with Gasteiger partial charge in [0, 0.05) is 17.5 Å². The van der Waals surface area contributed by atoms with E-state index in [0.717, 1.165) is 4.88 Å². The average Bonchev–Trinajstić information content (AvgIpc) is 2.95. The molecule has 0 unspecified atom stereocenters. The van der Waals surface area contributed by atoms with E-state index >= 15 is 0 Å². The fourth-order valence-corrected chi connectivity index (χ4v) is 2.48. The molecule has 5 heteroatoms. The molecule has 0 aliphatic rings. The van der Waals surface area contributed by atoms with E-state index in [2.05, 4.69) is 0 Å². The Morgan fingerprint density at radius 2 is 2.20 bits per heavy atom. The molecule has 0 saturated heterocycles. The van der Waals surface area contributed by atoms with Crippen LogP contribution in [0.4, 0.5) is 4.39 Å². The summed E-state index contributed by atoms with van der Waals surface area (Å²) in [6.07, 6.45) is 0. The minimum absolute atomic E-state index is 0.0807. The molecule has 1 amide bonds. The molecule has 0 aliphatic carbocycles. The zero-order chi connectivity index (χ0) is 14.4. The van der Waals surface area contributed by atoms with Gasteiger partial charge >= 0.3 is 0 Å². The Hall–Kier alpha value is -1.88. The second kappa shape index (κ2) is 7.05. The van der Waals surface area contributed by atoms with Gasteiger partial charge in [-0.05, 0) is 30.5 Å². The van der Waals surface area contributed by atoms with Crippen molar-refractivity contribution in [2.75, 3.05) is 13.2 Å². The van der Waals surface area contributed by atoms with Crippen LogP contribution in [-0.2, 0) is 11.3 Å². The molecule has 0 aliphatic heterocycles. The minimum Gasteiger partial charge on any atom is -0.484 e. The number of nitrogens with zero attached hydrogens (tertiary/aromatic N) is 1. The lowest BCUT2D eigenvalue weighted by atomic mass is 10.3. The number of likely N-dealkylation sites (N-methyl/N-ethyl adjacent to an activating group) is 1. The van der Waals surface area contributed by atoms with Crippen LogP contribution in [0.3, 0.4) is 0 Å². The molecule has 0 fully saturated rings. The highest BCUT2D eigenvalue weighted by Gasteiger charge is 2.13. The molecule has 106 valence electrons. The highest BCUT2D eigenvalue weighted by Crippen LogP contribution is 2.14. The molecular formula is C15H16FNO2S. The number of benzene rings is 1. The predicted molar refractivity (Wildman–Crippen MR) is 77.3 cm³/mol. The van der Waals surface area contributed by atoms with Gasteiger partial charge in [-0.1, -0.05) is 12.1 Å². The molecule has 1 heterocycles. The Balaban J connectivity index is 1.89. The number of hydrogen-bond acceptors (Lipinski definition) is 3. The summed E-state index contributed by atoms with van der Waals surface area (Å²) in [4.78, 5) is 14.9. The standard InChI is InChI=1S/C15H16FNO2S/c1-2-17(10-14-7-4-8-20-14)15(18)11-19-13-6-3-5-12(16)9-13/h3-9H,2,10-11H2,1H3. The fourth-order valence-electron chi connectivity index (χ4n) is 1.76. The van der Waals surface area contributed by atoms with Crippen LogP contribution in [-0.4, -0.2) is 24.0 Å². The van der Waals surface area contributed by atoms with Gasteiger partial charge < -0.3 is 9.64 Å². The van der Waals surface area contributed by atoms with E-state index in [4.69, 9.17) is 4.74 Å². The van der Waals surface area contributed by atoms with Crippen LogP contribution in [0.1, 0.15) is 11.8 Å². The SMILES string of the molecule is CCN(Cc1cccs1)C(=O)COc1cccc(F)c1. The van der Waals surface area contributed by atoms with Crippen molar-refractivity contribution < 1.29 is 13.9 Å². The monoisotopic (exact) mass is 293 g/mol. The van der Waals surface area contributed by atoms with Crippen molar-refractivity contribution in [1.29, 1.82) is 0 Å². The van der Waals surface area contributed by atoms with Crippen LogP contribution in [0.5, 0.6) is 5.75 Å². The summed E-state index contributed by atoms with van der Waals surface area (Å²) < 4.78 is 18.3.